The van der Waals surface area contributed by atoms with Crippen molar-refractivity contribution >= 4 is 17.2 Å². The highest BCUT2D eigenvalue weighted by Crippen LogP contribution is 2.31. The number of hydrogen-bond donors (Lipinski definition) is 1. The monoisotopic (exact) mass is 273 g/mol. The van der Waals surface area contributed by atoms with Crippen LogP contribution in [0.4, 0.5) is 5.82 Å². The molecule has 0 atom stereocenters. The van der Waals surface area contributed by atoms with Crippen LogP contribution in [-0.4, -0.2) is 16.5 Å². The molecule has 19 heavy (non-hydrogen) atoms. The van der Waals surface area contributed by atoms with Gasteiger partial charge in [-0.1, -0.05) is 6.92 Å². The highest BCUT2D eigenvalue weighted by molar-refractivity contribution is 7.15. The van der Waals surface area contributed by atoms with Gasteiger partial charge >= 0.3 is 0 Å². The molecule has 100 valence electrons. The lowest BCUT2D eigenvalue weighted by Crippen LogP contribution is -2.07. The van der Waals surface area contributed by atoms with Gasteiger partial charge in [-0.05, 0) is 44.7 Å². The first-order valence-electron chi connectivity index (χ1n) is 6.98. The van der Waals surface area contributed by atoms with Crippen LogP contribution in [-0.2, 0) is 12.8 Å². The zero-order chi connectivity index (χ0) is 13.2. The van der Waals surface area contributed by atoms with Crippen LogP contribution < -0.4 is 5.32 Å². The first-order chi connectivity index (χ1) is 9.28. The second-order valence-corrected chi connectivity index (χ2v) is 6.30. The first kappa shape index (κ1) is 12.6. The van der Waals surface area contributed by atoms with E-state index < -0.39 is 0 Å². The van der Waals surface area contributed by atoms with E-state index in [0.717, 1.165) is 37.4 Å². The number of aryl methyl sites for hydroxylation is 2. The minimum Gasteiger partial charge on any atom is -0.370 e. The third kappa shape index (κ3) is 2.50. The molecular formula is C15H19N3S. The molecule has 1 N–H and O–H groups in total. The minimum absolute atomic E-state index is 0.886. The van der Waals surface area contributed by atoms with E-state index in [2.05, 4.69) is 31.3 Å². The van der Waals surface area contributed by atoms with Crippen molar-refractivity contribution in [2.75, 3.05) is 11.9 Å². The molecule has 4 heteroatoms. The molecule has 2 aromatic rings. The number of fused-ring (bicyclic) bond motifs is 1. The molecule has 0 bridgehead atoms. The van der Waals surface area contributed by atoms with Crippen molar-refractivity contribution in [1.82, 2.24) is 9.97 Å². The molecule has 0 amide bonds. The summed E-state index contributed by atoms with van der Waals surface area (Å²) in [5.74, 6) is 1.95. The van der Waals surface area contributed by atoms with Gasteiger partial charge in [0.2, 0.25) is 0 Å². The Morgan fingerprint density at radius 2 is 2.16 bits per heavy atom. The van der Waals surface area contributed by atoms with Crippen LogP contribution in [0, 0.1) is 6.92 Å². The molecule has 0 saturated heterocycles. The molecule has 1 aliphatic carbocycles. The summed E-state index contributed by atoms with van der Waals surface area (Å²) in [4.78, 5) is 12.0. The Morgan fingerprint density at radius 1 is 1.26 bits per heavy atom. The molecule has 3 rings (SSSR count). The number of hydrogen-bond acceptors (Lipinski definition) is 4. The maximum absolute atomic E-state index is 4.76. The number of anilines is 1. The van der Waals surface area contributed by atoms with Gasteiger partial charge in [0.05, 0.1) is 4.88 Å². The van der Waals surface area contributed by atoms with Gasteiger partial charge < -0.3 is 5.32 Å². The summed E-state index contributed by atoms with van der Waals surface area (Å²) in [7, 11) is 0. The topological polar surface area (TPSA) is 37.8 Å². The standard InChI is InChI=1S/C15H19N3S/c1-3-9-16-14-11-5-4-6-12(11)17-15(18-14)13-8-7-10(2)19-13/h7-8H,3-6,9H2,1-2H3,(H,16,17,18). The largest absolute Gasteiger partial charge is 0.370 e. The summed E-state index contributed by atoms with van der Waals surface area (Å²) in [5, 5.41) is 3.47. The molecule has 0 aliphatic heterocycles. The van der Waals surface area contributed by atoms with Crippen LogP contribution in [0.3, 0.4) is 0 Å². The van der Waals surface area contributed by atoms with E-state index in [1.165, 1.54) is 27.4 Å². The van der Waals surface area contributed by atoms with Gasteiger partial charge in [0.1, 0.15) is 5.82 Å². The Morgan fingerprint density at radius 3 is 2.89 bits per heavy atom. The smallest absolute Gasteiger partial charge is 0.171 e. The zero-order valence-electron chi connectivity index (χ0n) is 11.5. The van der Waals surface area contributed by atoms with Crippen molar-refractivity contribution in [3.63, 3.8) is 0 Å². The summed E-state index contributed by atoms with van der Waals surface area (Å²) < 4.78 is 0. The Hall–Kier alpha value is -1.42. The Balaban J connectivity index is 2.02. The lowest BCUT2D eigenvalue weighted by atomic mass is 10.2. The lowest BCUT2D eigenvalue weighted by molar-refractivity contribution is 0.899. The molecule has 0 spiro atoms. The SMILES string of the molecule is CCCNc1nc(-c2ccc(C)s2)nc2c1CCC2. The summed E-state index contributed by atoms with van der Waals surface area (Å²) >= 11 is 1.77. The maximum atomic E-state index is 4.76. The van der Waals surface area contributed by atoms with Gasteiger partial charge in [0.25, 0.3) is 0 Å². The lowest BCUT2D eigenvalue weighted by Gasteiger charge is -2.10. The maximum Gasteiger partial charge on any atom is 0.171 e. The van der Waals surface area contributed by atoms with Gasteiger partial charge in [-0.15, -0.1) is 11.3 Å². The van der Waals surface area contributed by atoms with Crippen molar-refractivity contribution in [2.45, 2.75) is 39.5 Å². The number of rotatable bonds is 4. The van der Waals surface area contributed by atoms with Crippen molar-refractivity contribution < 1.29 is 0 Å². The van der Waals surface area contributed by atoms with Gasteiger partial charge in [-0.2, -0.15) is 0 Å². The van der Waals surface area contributed by atoms with Gasteiger partial charge in [-0.25, -0.2) is 9.97 Å². The highest BCUT2D eigenvalue weighted by atomic mass is 32.1. The summed E-state index contributed by atoms with van der Waals surface area (Å²) in [5.41, 5.74) is 2.58. The van der Waals surface area contributed by atoms with E-state index in [1.807, 2.05) is 0 Å². The normalized spacial score (nSPS) is 13.6. The fourth-order valence-electron chi connectivity index (χ4n) is 2.49. The van der Waals surface area contributed by atoms with Gasteiger partial charge in [0.15, 0.2) is 5.82 Å². The molecule has 1 aliphatic rings. The number of thiophene rings is 1. The van der Waals surface area contributed by atoms with Gasteiger partial charge in [0, 0.05) is 22.7 Å². The number of nitrogens with zero attached hydrogens (tertiary/aromatic N) is 2. The third-order valence-corrected chi connectivity index (χ3v) is 4.43. The van der Waals surface area contributed by atoms with E-state index in [-0.39, 0.29) is 0 Å². The minimum atomic E-state index is 0.886. The quantitative estimate of drug-likeness (QED) is 0.920. The first-order valence-corrected chi connectivity index (χ1v) is 7.80. The molecule has 2 heterocycles. The van der Waals surface area contributed by atoms with Crippen LogP contribution >= 0.6 is 11.3 Å². The Labute approximate surface area is 118 Å². The molecule has 0 aromatic carbocycles. The predicted molar refractivity (Wildman–Crippen MR) is 80.9 cm³/mol. The highest BCUT2D eigenvalue weighted by Gasteiger charge is 2.20. The average molecular weight is 273 g/mol. The Kier molecular flexibility index (Phi) is 3.51. The second-order valence-electron chi connectivity index (χ2n) is 5.01. The number of nitrogens with one attached hydrogen (secondary N) is 1. The average Bonchev–Trinajstić information content (AvgIpc) is 3.03. The van der Waals surface area contributed by atoms with E-state index in [0.29, 0.717) is 0 Å². The summed E-state index contributed by atoms with van der Waals surface area (Å²) in [6.07, 6.45) is 4.53. The molecule has 0 fully saturated rings. The van der Waals surface area contributed by atoms with E-state index >= 15 is 0 Å². The van der Waals surface area contributed by atoms with Gasteiger partial charge in [-0.3, -0.25) is 0 Å². The molecule has 0 saturated carbocycles. The zero-order valence-corrected chi connectivity index (χ0v) is 12.3. The van der Waals surface area contributed by atoms with Crippen LogP contribution in [0.1, 0.15) is 35.9 Å². The van der Waals surface area contributed by atoms with E-state index in [9.17, 15) is 0 Å². The molecule has 0 radical (unpaired) electrons. The predicted octanol–water partition coefficient (Wildman–Crippen LogP) is 3.82. The molecule has 2 aromatic heterocycles. The van der Waals surface area contributed by atoms with Crippen LogP contribution in [0.15, 0.2) is 12.1 Å². The fourth-order valence-corrected chi connectivity index (χ4v) is 3.29. The fraction of sp³-hybridized carbons (Fsp3) is 0.467. The van der Waals surface area contributed by atoms with Crippen LogP contribution in [0.5, 0.6) is 0 Å². The summed E-state index contributed by atoms with van der Waals surface area (Å²) in [6, 6.07) is 4.26. The molecule has 0 unspecified atom stereocenters. The van der Waals surface area contributed by atoms with Crippen molar-refractivity contribution in [2.24, 2.45) is 0 Å². The molecular weight excluding hydrogens is 254 g/mol. The van der Waals surface area contributed by atoms with Crippen LogP contribution in [0.25, 0.3) is 10.7 Å². The summed E-state index contributed by atoms with van der Waals surface area (Å²) in [6.45, 7) is 5.28. The third-order valence-electron chi connectivity index (χ3n) is 3.44. The van der Waals surface area contributed by atoms with Crippen molar-refractivity contribution in [3.8, 4) is 10.7 Å². The van der Waals surface area contributed by atoms with E-state index in [1.54, 1.807) is 11.3 Å². The van der Waals surface area contributed by atoms with Crippen molar-refractivity contribution in [1.29, 1.82) is 0 Å². The molecule has 3 nitrogen and oxygen atoms in total. The van der Waals surface area contributed by atoms with Crippen LogP contribution in [0.2, 0.25) is 0 Å². The Bertz CT molecular complexity index is 589. The second kappa shape index (κ2) is 5.29. The van der Waals surface area contributed by atoms with E-state index in [4.69, 9.17) is 9.97 Å². The van der Waals surface area contributed by atoms with Crippen molar-refractivity contribution in [3.05, 3.63) is 28.3 Å². The number of aromatic nitrogens is 2.